The van der Waals surface area contributed by atoms with Gasteiger partial charge in [-0.2, -0.15) is 0 Å². The topological polar surface area (TPSA) is 66.4 Å². The van der Waals surface area contributed by atoms with Gasteiger partial charge in [0.05, 0.1) is 22.5 Å². The lowest BCUT2D eigenvalue weighted by Gasteiger charge is -2.41. The number of rotatable bonds is 3. The van der Waals surface area contributed by atoms with Gasteiger partial charge in [-0.05, 0) is 36.8 Å². The summed E-state index contributed by atoms with van der Waals surface area (Å²) >= 11 is 6.04. The molecule has 1 fully saturated rings. The zero-order chi connectivity index (χ0) is 15.0. The molecular formula is C16H16ClNO3. The summed E-state index contributed by atoms with van der Waals surface area (Å²) in [5.74, 6) is -2.37. The van der Waals surface area contributed by atoms with Gasteiger partial charge in [0, 0.05) is 0 Å². The van der Waals surface area contributed by atoms with Gasteiger partial charge in [0.15, 0.2) is 0 Å². The summed E-state index contributed by atoms with van der Waals surface area (Å²) < 4.78 is 0. The maximum Gasteiger partial charge on any atom is 0.307 e. The molecule has 0 radical (unpaired) electrons. The van der Waals surface area contributed by atoms with E-state index in [4.69, 9.17) is 11.6 Å². The summed E-state index contributed by atoms with van der Waals surface area (Å²) in [6.07, 6.45) is 5.65. The van der Waals surface area contributed by atoms with Gasteiger partial charge in [-0.25, -0.2) is 0 Å². The highest BCUT2D eigenvalue weighted by Gasteiger charge is 2.48. The molecule has 1 aromatic rings. The molecule has 2 bridgehead atoms. The van der Waals surface area contributed by atoms with E-state index in [1.165, 1.54) is 0 Å². The Morgan fingerprint density at radius 3 is 2.29 bits per heavy atom. The molecule has 110 valence electrons. The lowest BCUT2D eigenvalue weighted by atomic mass is 9.62. The average Bonchev–Trinajstić information content (AvgIpc) is 2.49. The number of amides is 1. The maximum absolute atomic E-state index is 12.6. The Bertz CT molecular complexity index is 613. The smallest absolute Gasteiger partial charge is 0.307 e. The first kappa shape index (κ1) is 14.1. The van der Waals surface area contributed by atoms with Crippen molar-refractivity contribution in [3.05, 3.63) is 41.4 Å². The Balaban J connectivity index is 1.85. The van der Waals surface area contributed by atoms with Crippen LogP contribution >= 0.6 is 11.6 Å². The van der Waals surface area contributed by atoms with Gasteiger partial charge in [-0.15, -0.1) is 0 Å². The van der Waals surface area contributed by atoms with Crippen molar-refractivity contribution < 1.29 is 14.7 Å². The molecule has 0 aliphatic heterocycles. The number of benzene rings is 1. The van der Waals surface area contributed by atoms with E-state index in [1.54, 1.807) is 24.3 Å². The minimum atomic E-state index is -0.895. The third-order valence-corrected chi connectivity index (χ3v) is 4.80. The maximum atomic E-state index is 12.6. The predicted octanol–water partition coefficient (Wildman–Crippen LogP) is 3.19. The van der Waals surface area contributed by atoms with Gasteiger partial charge in [0.25, 0.3) is 0 Å². The van der Waals surface area contributed by atoms with Gasteiger partial charge in [0.2, 0.25) is 5.91 Å². The van der Waals surface area contributed by atoms with E-state index in [9.17, 15) is 14.7 Å². The average molecular weight is 306 g/mol. The van der Waals surface area contributed by atoms with E-state index < -0.39 is 17.8 Å². The molecule has 21 heavy (non-hydrogen) atoms. The monoisotopic (exact) mass is 305 g/mol. The number of halogens is 1. The van der Waals surface area contributed by atoms with Gasteiger partial charge >= 0.3 is 5.97 Å². The molecule has 0 aromatic heterocycles. The number of nitrogens with one attached hydrogen (secondary N) is 1. The molecule has 5 heteroatoms. The van der Waals surface area contributed by atoms with Crippen LogP contribution in [0.3, 0.4) is 0 Å². The summed E-state index contributed by atoms with van der Waals surface area (Å²) in [5.41, 5.74) is 0.527. The minimum Gasteiger partial charge on any atom is -0.481 e. The molecule has 3 aliphatic rings. The van der Waals surface area contributed by atoms with E-state index in [0.29, 0.717) is 10.7 Å². The van der Waals surface area contributed by atoms with E-state index in [2.05, 4.69) is 5.32 Å². The molecule has 4 atom stereocenters. The summed E-state index contributed by atoms with van der Waals surface area (Å²) in [5, 5.41) is 12.7. The van der Waals surface area contributed by atoms with Crippen LogP contribution in [0.1, 0.15) is 12.8 Å². The number of allylic oxidation sites excluding steroid dienone is 2. The van der Waals surface area contributed by atoms with Crippen LogP contribution < -0.4 is 5.32 Å². The first-order chi connectivity index (χ1) is 10.1. The number of aliphatic carboxylic acids is 1. The van der Waals surface area contributed by atoms with Crippen molar-refractivity contribution in [3.8, 4) is 0 Å². The Morgan fingerprint density at radius 2 is 1.71 bits per heavy atom. The summed E-state index contributed by atoms with van der Waals surface area (Å²) in [6.45, 7) is 0. The zero-order valence-electron chi connectivity index (χ0n) is 11.3. The highest BCUT2D eigenvalue weighted by molar-refractivity contribution is 6.33. The molecule has 3 aliphatic carbocycles. The SMILES string of the molecule is O=C(O)C1C2C=CC(CC2)C1C(=O)Nc1ccccc1Cl. The van der Waals surface area contributed by atoms with Crippen LogP contribution in [0.2, 0.25) is 5.02 Å². The second-order valence-corrected chi connectivity index (χ2v) is 6.06. The van der Waals surface area contributed by atoms with Crippen LogP contribution in [0.25, 0.3) is 0 Å². The molecule has 4 nitrogen and oxygen atoms in total. The van der Waals surface area contributed by atoms with Crippen LogP contribution in [0.5, 0.6) is 0 Å². The molecule has 0 spiro atoms. The van der Waals surface area contributed by atoms with Crippen LogP contribution in [-0.2, 0) is 9.59 Å². The highest BCUT2D eigenvalue weighted by Crippen LogP contribution is 2.45. The predicted molar refractivity (Wildman–Crippen MR) is 80.1 cm³/mol. The quantitative estimate of drug-likeness (QED) is 0.843. The van der Waals surface area contributed by atoms with E-state index in [0.717, 1.165) is 12.8 Å². The Kier molecular flexibility index (Phi) is 3.72. The van der Waals surface area contributed by atoms with E-state index >= 15 is 0 Å². The highest BCUT2D eigenvalue weighted by atomic mass is 35.5. The van der Waals surface area contributed by atoms with E-state index in [-0.39, 0.29) is 17.7 Å². The van der Waals surface area contributed by atoms with Gasteiger partial charge in [-0.1, -0.05) is 35.9 Å². The Hall–Kier alpha value is -1.81. The Labute approximate surface area is 127 Å². The standard InChI is InChI=1S/C16H16ClNO3/c17-11-3-1-2-4-12(11)18-15(19)13-9-5-7-10(8-6-9)14(13)16(20)21/h1-5,7,9-10,13-14H,6,8H2,(H,18,19)(H,20,21). The molecule has 0 saturated heterocycles. The molecule has 1 saturated carbocycles. The van der Waals surface area contributed by atoms with Gasteiger partial charge in [-0.3, -0.25) is 9.59 Å². The van der Waals surface area contributed by atoms with Crippen molar-refractivity contribution in [1.82, 2.24) is 0 Å². The molecular weight excluding hydrogens is 290 g/mol. The second kappa shape index (κ2) is 5.53. The van der Waals surface area contributed by atoms with Crippen LogP contribution in [0, 0.1) is 23.7 Å². The Morgan fingerprint density at radius 1 is 1.10 bits per heavy atom. The third-order valence-electron chi connectivity index (χ3n) is 4.47. The summed E-state index contributed by atoms with van der Waals surface area (Å²) in [7, 11) is 0. The third kappa shape index (κ3) is 2.56. The number of hydrogen-bond acceptors (Lipinski definition) is 2. The fourth-order valence-electron chi connectivity index (χ4n) is 3.47. The van der Waals surface area contributed by atoms with Gasteiger partial charge < -0.3 is 10.4 Å². The van der Waals surface area contributed by atoms with Gasteiger partial charge in [0.1, 0.15) is 0 Å². The van der Waals surface area contributed by atoms with E-state index in [1.807, 2.05) is 12.2 Å². The second-order valence-electron chi connectivity index (χ2n) is 5.65. The summed E-state index contributed by atoms with van der Waals surface area (Å²) in [4.78, 5) is 24.1. The fourth-order valence-corrected chi connectivity index (χ4v) is 3.65. The van der Waals surface area contributed by atoms with Crippen molar-refractivity contribution in [1.29, 1.82) is 0 Å². The van der Waals surface area contributed by atoms with Crippen LogP contribution in [0.15, 0.2) is 36.4 Å². The molecule has 0 heterocycles. The minimum absolute atomic E-state index is 0.00131. The van der Waals surface area contributed by atoms with Crippen molar-refractivity contribution >= 4 is 29.2 Å². The molecule has 1 aromatic carbocycles. The number of carboxylic acids is 1. The van der Waals surface area contributed by atoms with Crippen molar-refractivity contribution in [2.45, 2.75) is 12.8 Å². The molecule has 2 N–H and O–H groups in total. The van der Waals surface area contributed by atoms with Crippen LogP contribution in [-0.4, -0.2) is 17.0 Å². The summed E-state index contributed by atoms with van der Waals surface area (Å²) in [6, 6.07) is 6.97. The number of anilines is 1. The lowest BCUT2D eigenvalue weighted by molar-refractivity contribution is -0.151. The molecule has 1 amide bonds. The number of carbonyl (C=O) groups excluding carboxylic acids is 1. The largest absolute Gasteiger partial charge is 0.481 e. The molecule has 4 unspecified atom stereocenters. The van der Waals surface area contributed by atoms with Crippen LogP contribution in [0.4, 0.5) is 5.69 Å². The zero-order valence-corrected chi connectivity index (χ0v) is 12.1. The molecule has 4 rings (SSSR count). The number of para-hydroxylation sites is 1. The normalized spacial score (nSPS) is 30.1. The van der Waals surface area contributed by atoms with Crippen molar-refractivity contribution in [2.75, 3.05) is 5.32 Å². The lowest BCUT2D eigenvalue weighted by Crippen LogP contribution is -2.47. The number of carbonyl (C=O) groups is 2. The van der Waals surface area contributed by atoms with Crippen molar-refractivity contribution in [2.24, 2.45) is 23.7 Å². The number of fused-ring (bicyclic) bond motifs is 2. The number of hydrogen-bond donors (Lipinski definition) is 2. The first-order valence-corrected chi connectivity index (χ1v) is 7.42. The fraction of sp³-hybridized carbons (Fsp3) is 0.375. The first-order valence-electron chi connectivity index (χ1n) is 7.04. The number of carboxylic acid groups (broad SMARTS) is 1. The van der Waals surface area contributed by atoms with Crippen molar-refractivity contribution in [3.63, 3.8) is 0 Å².